The summed E-state index contributed by atoms with van der Waals surface area (Å²) in [4.78, 5) is 0. The predicted molar refractivity (Wildman–Crippen MR) is 76.0 cm³/mol. The molecular weight excluding hydrogens is 238 g/mol. The van der Waals surface area contributed by atoms with Crippen LogP contribution >= 0.6 is 0 Å². The van der Waals surface area contributed by atoms with Gasteiger partial charge in [-0.3, -0.25) is 0 Å². The molecule has 2 aromatic rings. The number of hydrogen-bond donors (Lipinski definition) is 3. The van der Waals surface area contributed by atoms with Crippen molar-refractivity contribution in [2.75, 3.05) is 6.61 Å². The molecule has 0 heterocycles. The van der Waals surface area contributed by atoms with Gasteiger partial charge in [0.2, 0.25) is 0 Å². The summed E-state index contributed by atoms with van der Waals surface area (Å²) >= 11 is 0. The first-order chi connectivity index (χ1) is 9.28. The van der Waals surface area contributed by atoms with Crippen molar-refractivity contribution in [1.29, 1.82) is 0 Å². The van der Waals surface area contributed by atoms with Crippen molar-refractivity contribution in [1.82, 2.24) is 5.32 Å². The Morgan fingerprint density at radius 1 is 0.947 bits per heavy atom. The molecule has 0 unspecified atom stereocenters. The molecule has 3 nitrogen and oxygen atoms in total. The van der Waals surface area contributed by atoms with Crippen molar-refractivity contribution in [3.8, 4) is 5.75 Å². The summed E-state index contributed by atoms with van der Waals surface area (Å²) in [6.07, 6.45) is 0.788. The lowest BCUT2D eigenvalue weighted by molar-refractivity contribution is 0.241. The average molecular weight is 257 g/mol. The van der Waals surface area contributed by atoms with Gasteiger partial charge < -0.3 is 15.5 Å². The van der Waals surface area contributed by atoms with E-state index in [4.69, 9.17) is 0 Å². The molecule has 0 aliphatic heterocycles. The highest BCUT2D eigenvalue weighted by Gasteiger charge is 2.07. The number of aliphatic hydroxyl groups is 1. The van der Waals surface area contributed by atoms with E-state index in [0.717, 1.165) is 12.0 Å². The van der Waals surface area contributed by atoms with E-state index in [1.165, 1.54) is 5.56 Å². The third-order valence-electron chi connectivity index (χ3n) is 3.05. The van der Waals surface area contributed by atoms with Crippen LogP contribution in [0.1, 0.15) is 11.1 Å². The van der Waals surface area contributed by atoms with E-state index in [1.807, 2.05) is 30.3 Å². The number of aromatic hydroxyl groups is 1. The zero-order valence-corrected chi connectivity index (χ0v) is 10.8. The Kier molecular flexibility index (Phi) is 4.95. The molecule has 0 aliphatic rings. The number of phenols is 1. The van der Waals surface area contributed by atoms with Gasteiger partial charge in [0.05, 0.1) is 6.61 Å². The fourth-order valence-corrected chi connectivity index (χ4v) is 2.03. The summed E-state index contributed by atoms with van der Waals surface area (Å²) in [5.41, 5.74) is 2.21. The Balaban J connectivity index is 1.89. The molecule has 3 heteroatoms. The molecule has 0 amide bonds. The van der Waals surface area contributed by atoms with E-state index in [-0.39, 0.29) is 18.4 Å². The number of nitrogens with one attached hydrogen (secondary N) is 1. The van der Waals surface area contributed by atoms with Gasteiger partial charge in [0.15, 0.2) is 0 Å². The third-order valence-corrected chi connectivity index (χ3v) is 3.05. The van der Waals surface area contributed by atoms with Gasteiger partial charge in [0.1, 0.15) is 5.75 Å². The van der Waals surface area contributed by atoms with E-state index >= 15 is 0 Å². The molecule has 0 spiro atoms. The van der Waals surface area contributed by atoms with Gasteiger partial charge in [-0.1, -0.05) is 42.5 Å². The van der Waals surface area contributed by atoms with Crippen LogP contribution in [0.25, 0.3) is 0 Å². The van der Waals surface area contributed by atoms with Crippen LogP contribution in [0.3, 0.4) is 0 Å². The van der Waals surface area contributed by atoms with Crippen molar-refractivity contribution in [2.45, 2.75) is 19.0 Å². The van der Waals surface area contributed by atoms with E-state index in [0.29, 0.717) is 6.54 Å². The quantitative estimate of drug-likeness (QED) is 0.742. The number of rotatable bonds is 6. The first kappa shape index (κ1) is 13.6. The minimum absolute atomic E-state index is 0.0183. The van der Waals surface area contributed by atoms with E-state index < -0.39 is 0 Å². The maximum Gasteiger partial charge on any atom is 0.115 e. The second-order valence-corrected chi connectivity index (χ2v) is 4.62. The lowest BCUT2D eigenvalue weighted by Crippen LogP contribution is -2.33. The van der Waals surface area contributed by atoms with Gasteiger partial charge in [-0.2, -0.15) is 0 Å². The van der Waals surface area contributed by atoms with E-state index in [2.05, 4.69) is 17.4 Å². The molecule has 0 fully saturated rings. The van der Waals surface area contributed by atoms with Gasteiger partial charge in [-0.05, 0) is 29.7 Å². The van der Waals surface area contributed by atoms with Crippen molar-refractivity contribution in [2.24, 2.45) is 0 Å². The van der Waals surface area contributed by atoms with Crippen molar-refractivity contribution < 1.29 is 10.2 Å². The van der Waals surface area contributed by atoms with Crippen molar-refractivity contribution in [3.63, 3.8) is 0 Å². The monoisotopic (exact) mass is 257 g/mol. The molecule has 19 heavy (non-hydrogen) atoms. The molecule has 0 aromatic heterocycles. The molecule has 0 saturated carbocycles. The normalized spacial score (nSPS) is 12.3. The lowest BCUT2D eigenvalue weighted by atomic mass is 10.1. The highest BCUT2D eigenvalue weighted by Crippen LogP contribution is 2.11. The predicted octanol–water partition coefficient (Wildman–Crippen LogP) is 2.09. The van der Waals surface area contributed by atoms with Crippen LogP contribution in [0.15, 0.2) is 54.6 Å². The van der Waals surface area contributed by atoms with E-state index in [1.54, 1.807) is 12.1 Å². The molecule has 2 rings (SSSR count). The first-order valence-corrected chi connectivity index (χ1v) is 6.44. The fraction of sp³-hybridized carbons (Fsp3) is 0.250. The Morgan fingerprint density at radius 3 is 2.37 bits per heavy atom. The van der Waals surface area contributed by atoms with Crippen LogP contribution in [0, 0.1) is 0 Å². The highest BCUT2D eigenvalue weighted by molar-refractivity contribution is 5.27. The molecule has 100 valence electrons. The summed E-state index contributed by atoms with van der Waals surface area (Å²) in [6.45, 7) is 0.722. The number of hydrogen-bond acceptors (Lipinski definition) is 3. The number of benzene rings is 2. The minimum Gasteiger partial charge on any atom is -0.508 e. The summed E-state index contributed by atoms with van der Waals surface area (Å²) in [5.74, 6) is 0.267. The van der Waals surface area contributed by atoms with Gasteiger partial charge in [-0.15, -0.1) is 0 Å². The molecule has 0 bridgehead atoms. The van der Waals surface area contributed by atoms with Crippen LogP contribution in [-0.4, -0.2) is 22.9 Å². The lowest BCUT2D eigenvalue weighted by Gasteiger charge is -2.16. The van der Waals surface area contributed by atoms with Crippen LogP contribution in [0.4, 0.5) is 0 Å². The third kappa shape index (κ3) is 4.39. The topological polar surface area (TPSA) is 52.5 Å². The van der Waals surface area contributed by atoms with Gasteiger partial charge in [0.25, 0.3) is 0 Å². The molecule has 0 saturated heterocycles. The first-order valence-electron chi connectivity index (χ1n) is 6.44. The highest BCUT2D eigenvalue weighted by atomic mass is 16.3. The standard InChI is InChI=1S/C16H19NO2/c18-12-15(9-13-5-2-1-3-6-13)17-11-14-7-4-8-16(19)10-14/h1-8,10,15,17-19H,9,11-12H2/t15-/m0/s1. The average Bonchev–Trinajstić information content (AvgIpc) is 2.44. The molecule has 0 radical (unpaired) electrons. The Hall–Kier alpha value is -1.84. The van der Waals surface area contributed by atoms with E-state index in [9.17, 15) is 10.2 Å². The maximum atomic E-state index is 9.41. The number of phenolic OH excluding ortho intramolecular Hbond substituents is 1. The number of aliphatic hydroxyl groups excluding tert-OH is 1. The zero-order chi connectivity index (χ0) is 13.5. The zero-order valence-electron chi connectivity index (χ0n) is 10.8. The summed E-state index contributed by atoms with van der Waals surface area (Å²) < 4.78 is 0. The maximum absolute atomic E-state index is 9.41. The summed E-state index contributed by atoms with van der Waals surface area (Å²) in [5, 5.41) is 22.1. The van der Waals surface area contributed by atoms with Crippen LogP contribution < -0.4 is 5.32 Å². The molecule has 1 atom stereocenters. The van der Waals surface area contributed by atoms with Gasteiger partial charge in [0, 0.05) is 12.6 Å². The Morgan fingerprint density at radius 2 is 1.68 bits per heavy atom. The fourth-order valence-electron chi connectivity index (χ4n) is 2.03. The van der Waals surface area contributed by atoms with Crippen molar-refractivity contribution in [3.05, 3.63) is 65.7 Å². The van der Waals surface area contributed by atoms with Crippen molar-refractivity contribution >= 4 is 0 Å². The van der Waals surface area contributed by atoms with Gasteiger partial charge >= 0.3 is 0 Å². The largest absolute Gasteiger partial charge is 0.508 e. The SMILES string of the molecule is OC[C@H](Cc1ccccc1)NCc1cccc(O)c1. The van der Waals surface area contributed by atoms with Crippen LogP contribution in [-0.2, 0) is 13.0 Å². The van der Waals surface area contributed by atoms with Crippen LogP contribution in [0.5, 0.6) is 5.75 Å². The summed E-state index contributed by atoms with van der Waals surface area (Å²) in [6, 6.07) is 17.2. The smallest absolute Gasteiger partial charge is 0.115 e. The Bertz CT molecular complexity index is 499. The second-order valence-electron chi connectivity index (χ2n) is 4.62. The Labute approximate surface area is 113 Å². The molecule has 0 aliphatic carbocycles. The summed E-state index contributed by atoms with van der Waals surface area (Å²) in [7, 11) is 0. The second kappa shape index (κ2) is 6.92. The molecule has 3 N–H and O–H groups in total. The molecule has 2 aromatic carbocycles. The minimum atomic E-state index is 0.0183. The molecular formula is C16H19NO2. The van der Waals surface area contributed by atoms with Gasteiger partial charge in [-0.25, -0.2) is 0 Å². The van der Waals surface area contributed by atoms with Crippen LogP contribution in [0.2, 0.25) is 0 Å².